The number of ether oxygens (including phenoxy) is 1. The molecular weight excluding hydrogens is 238 g/mol. The van der Waals surface area contributed by atoms with E-state index < -0.39 is 0 Å². The van der Waals surface area contributed by atoms with Gasteiger partial charge in [0.15, 0.2) is 0 Å². The Morgan fingerprint density at radius 2 is 2.16 bits per heavy atom. The van der Waals surface area contributed by atoms with E-state index in [-0.39, 0.29) is 5.92 Å². The molecule has 1 aromatic carbocycles. The molecule has 1 unspecified atom stereocenters. The molecule has 1 aromatic heterocycles. The molecule has 100 valence electrons. The first-order valence-corrected chi connectivity index (χ1v) is 6.44. The van der Waals surface area contributed by atoms with Gasteiger partial charge >= 0.3 is 0 Å². The molecule has 2 rings (SSSR count). The van der Waals surface area contributed by atoms with Crippen molar-refractivity contribution < 1.29 is 4.74 Å². The van der Waals surface area contributed by atoms with Gasteiger partial charge in [-0.15, -0.1) is 0 Å². The largest absolute Gasteiger partial charge is 0.496 e. The number of benzene rings is 1. The second kappa shape index (κ2) is 6.29. The molecule has 2 N–H and O–H groups in total. The second-order valence-electron chi connectivity index (χ2n) is 4.36. The lowest BCUT2D eigenvalue weighted by atomic mass is 9.93. The normalized spacial score (nSPS) is 12.2. The number of aromatic nitrogens is 2. The number of nitrogens with zero attached hydrogens (tertiary/aromatic N) is 2. The zero-order valence-electron chi connectivity index (χ0n) is 11.3. The predicted octanol–water partition coefficient (Wildman–Crippen LogP) is 2.14. The molecule has 1 atom stereocenters. The fourth-order valence-corrected chi connectivity index (χ4v) is 2.22. The fraction of sp³-hybridized carbons (Fsp3) is 0.333. The standard InChI is InChI=1S/C15H19N3O/c1-3-11-9-12(6-7-15(11)19-2)13(10-16)14-5-4-8-17-18-14/h4-9,13H,3,10,16H2,1-2H3. The Bertz CT molecular complexity index is 528. The van der Waals surface area contributed by atoms with Crippen LogP contribution in [0.4, 0.5) is 0 Å². The summed E-state index contributed by atoms with van der Waals surface area (Å²) in [6, 6.07) is 10.0. The van der Waals surface area contributed by atoms with Crippen LogP contribution < -0.4 is 10.5 Å². The van der Waals surface area contributed by atoms with E-state index in [0.29, 0.717) is 6.54 Å². The summed E-state index contributed by atoms with van der Waals surface area (Å²) in [6.07, 6.45) is 2.59. The Kier molecular flexibility index (Phi) is 4.47. The molecule has 0 aliphatic rings. The van der Waals surface area contributed by atoms with Crippen LogP contribution in [0.1, 0.15) is 29.7 Å². The maximum absolute atomic E-state index is 5.90. The van der Waals surface area contributed by atoms with Crippen LogP contribution >= 0.6 is 0 Å². The Balaban J connectivity index is 2.39. The van der Waals surface area contributed by atoms with Crippen molar-refractivity contribution in [3.05, 3.63) is 53.3 Å². The lowest BCUT2D eigenvalue weighted by Gasteiger charge is -2.16. The number of rotatable bonds is 5. The quantitative estimate of drug-likeness (QED) is 0.891. The van der Waals surface area contributed by atoms with E-state index >= 15 is 0 Å². The summed E-state index contributed by atoms with van der Waals surface area (Å²) in [5.41, 5.74) is 9.14. The average molecular weight is 257 g/mol. The average Bonchev–Trinajstić information content (AvgIpc) is 2.49. The van der Waals surface area contributed by atoms with Gasteiger partial charge in [0.2, 0.25) is 0 Å². The van der Waals surface area contributed by atoms with Gasteiger partial charge in [-0.25, -0.2) is 0 Å². The molecule has 4 heteroatoms. The van der Waals surface area contributed by atoms with Gasteiger partial charge in [0.1, 0.15) is 5.75 Å². The lowest BCUT2D eigenvalue weighted by molar-refractivity contribution is 0.410. The molecule has 0 spiro atoms. The van der Waals surface area contributed by atoms with Crippen LogP contribution in [-0.2, 0) is 6.42 Å². The van der Waals surface area contributed by atoms with Gasteiger partial charge in [0.25, 0.3) is 0 Å². The van der Waals surface area contributed by atoms with Gasteiger partial charge in [-0.05, 0) is 35.7 Å². The van der Waals surface area contributed by atoms with Crippen molar-refractivity contribution in [3.63, 3.8) is 0 Å². The van der Waals surface area contributed by atoms with E-state index in [1.807, 2.05) is 24.3 Å². The van der Waals surface area contributed by atoms with Crippen LogP contribution in [-0.4, -0.2) is 23.9 Å². The van der Waals surface area contributed by atoms with Crippen LogP contribution in [0.15, 0.2) is 36.5 Å². The van der Waals surface area contributed by atoms with E-state index in [1.165, 1.54) is 5.56 Å². The predicted molar refractivity (Wildman–Crippen MR) is 75.3 cm³/mol. The highest BCUT2D eigenvalue weighted by Gasteiger charge is 2.15. The van der Waals surface area contributed by atoms with Crippen LogP contribution in [0.2, 0.25) is 0 Å². The van der Waals surface area contributed by atoms with Gasteiger partial charge in [-0.3, -0.25) is 0 Å². The molecule has 1 heterocycles. The molecule has 0 aliphatic carbocycles. The third-order valence-corrected chi connectivity index (χ3v) is 3.27. The first-order chi connectivity index (χ1) is 9.30. The van der Waals surface area contributed by atoms with E-state index in [0.717, 1.165) is 23.4 Å². The van der Waals surface area contributed by atoms with Gasteiger partial charge in [-0.1, -0.05) is 19.1 Å². The summed E-state index contributed by atoms with van der Waals surface area (Å²) < 4.78 is 5.35. The van der Waals surface area contributed by atoms with Gasteiger partial charge in [0.05, 0.1) is 12.8 Å². The van der Waals surface area contributed by atoms with Crippen LogP contribution in [0, 0.1) is 0 Å². The summed E-state index contributed by atoms with van der Waals surface area (Å²) in [6.45, 7) is 2.62. The minimum absolute atomic E-state index is 0.0740. The minimum Gasteiger partial charge on any atom is -0.496 e. The van der Waals surface area contributed by atoms with Gasteiger partial charge in [0, 0.05) is 18.7 Å². The highest BCUT2D eigenvalue weighted by molar-refractivity contribution is 5.40. The van der Waals surface area contributed by atoms with Crippen molar-refractivity contribution in [2.75, 3.05) is 13.7 Å². The molecular formula is C15H19N3O. The first-order valence-electron chi connectivity index (χ1n) is 6.44. The Morgan fingerprint density at radius 3 is 2.74 bits per heavy atom. The zero-order chi connectivity index (χ0) is 13.7. The van der Waals surface area contributed by atoms with Gasteiger partial charge < -0.3 is 10.5 Å². The highest BCUT2D eigenvalue weighted by Crippen LogP contribution is 2.27. The molecule has 0 amide bonds. The number of hydrogen-bond donors (Lipinski definition) is 1. The topological polar surface area (TPSA) is 61.0 Å². The lowest BCUT2D eigenvalue weighted by Crippen LogP contribution is -2.15. The van der Waals surface area contributed by atoms with Crippen molar-refractivity contribution in [1.29, 1.82) is 0 Å². The summed E-state index contributed by atoms with van der Waals surface area (Å²) in [4.78, 5) is 0. The molecule has 4 nitrogen and oxygen atoms in total. The fourth-order valence-electron chi connectivity index (χ4n) is 2.22. The molecule has 0 saturated carbocycles. The van der Waals surface area contributed by atoms with Crippen LogP contribution in [0.5, 0.6) is 5.75 Å². The van der Waals surface area contributed by atoms with Crippen molar-refractivity contribution in [2.45, 2.75) is 19.3 Å². The summed E-state index contributed by atoms with van der Waals surface area (Å²) in [7, 11) is 1.69. The second-order valence-corrected chi connectivity index (χ2v) is 4.36. The van der Waals surface area contributed by atoms with E-state index in [1.54, 1.807) is 13.3 Å². The van der Waals surface area contributed by atoms with Crippen molar-refractivity contribution in [1.82, 2.24) is 10.2 Å². The summed E-state index contributed by atoms with van der Waals surface area (Å²) in [5.74, 6) is 0.992. The van der Waals surface area contributed by atoms with Crippen molar-refractivity contribution >= 4 is 0 Å². The summed E-state index contributed by atoms with van der Waals surface area (Å²) in [5, 5.41) is 8.09. The first kappa shape index (κ1) is 13.5. The molecule has 0 radical (unpaired) electrons. The Labute approximate surface area is 113 Å². The Hall–Kier alpha value is -1.94. The van der Waals surface area contributed by atoms with Crippen molar-refractivity contribution in [2.24, 2.45) is 5.73 Å². The Morgan fingerprint density at radius 1 is 1.32 bits per heavy atom. The molecule has 2 aromatic rings. The maximum atomic E-state index is 5.90. The van der Waals surface area contributed by atoms with Crippen LogP contribution in [0.25, 0.3) is 0 Å². The number of methoxy groups -OCH3 is 1. The maximum Gasteiger partial charge on any atom is 0.122 e. The molecule has 0 aliphatic heterocycles. The smallest absolute Gasteiger partial charge is 0.122 e. The number of aryl methyl sites for hydroxylation is 1. The monoisotopic (exact) mass is 257 g/mol. The summed E-state index contributed by atoms with van der Waals surface area (Å²) >= 11 is 0. The molecule has 0 saturated heterocycles. The van der Waals surface area contributed by atoms with E-state index in [9.17, 15) is 0 Å². The minimum atomic E-state index is 0.0740. The third-order valence-electron chi connectivity index (χ3n) is 3.27. The number of hydrogen-bond acceptors (Lipinski definition) is 4. The third kappa shape index (κ3) is 2.90. The molecule has 0 fully saturated rings. The van der Waals surface area contributed by atoms with Crippen LogP contribution in [0.3, 0.4) is 0 Å². The van der Waals surface area contributed by atoms with E-state index in [4.69, 9.17) is 10.5 Å². The number of nitrogens with two attached hydrogens (primary N) is 1. The SMILES string of the molecule is CCc1cc(C(CN)c2cccnn2)ccc1OC. The molecule has 19 heavy (non-hydrogen) atoms. The van der Waals surface area contributed by atoms with Crippen molar-refractivity contribution in [3.8, 4) is 5.75 Å². The van der Waals surface area contributed by atoms with E-state index in [2.05, 4.69) is 23.2 Å². The zero-order valence-corrected chi connectivity index (χ0v) is 11.3. The van der Waals surface area contributed by atoms with Gasteiger partial charge in [-0.2, -0.15) is 10.2 Å². The molecule has 0 bridgehead atoms. The highest BCUT2D eigenvalue weighted by atomic mass is 16.5.